The topological polar surface area (TPSA) is 200 Å². The summed E-state index contributed by atoms with van der Waals surface area (Å²) in [6.07, 6.45) is -6.60. The fourth-order valence-corrected chi connectivity index (χ4v) is 7.25. The lowest BCUT2D eigenvalue weighted by Gasteiger charge is -2.43. The van der Waals surface area contributed by atoms with Crippen LogP contribution in [0.15, 0.2) is 47.5 Å². The molecule has 1 aliphatic carbocycles. The summed E-state index contributed by atoms with van der Waals surface area (Å²) in [5.74, 6) is -2.10. The Morgan fingerprint density at radius 2 is 1.69 bits per heavy atom. The molecule has 218 valence electrons. The molecule has 1 aliphatic heterocycles. The molecule has 12 heteroatoms. The first-order chi connectivity index (χ1) is 20.1. The number of fused-ring (bicyclic) bond motifs is 5. The van der Waals surface area contributed by atoms with E-state index in [0.29, 0.717) is 11.1 Å². The van der Waals surface area contributed by atoms with E-state index in [0.717, 1.165) is 32.7 Å². The molecule has 8 N–H and O–H groups in total. The summed E-state index contributed by atoms with van der Waals surface area (Å²) in [6.45, 7) is 3.46. The highest BCUT2D eigenvalue weighted by atomic mass is 16.5. The molecular formula is C30H31N5O7. The van der Waals surface area contributed by atoms with Gasteiger partial charge >= 0.3 is 0 Å². The van der Waals surface area contributed by atoms with Crippen molar-refractivity contribution in [2.75, 3.05) is 12.3 Å². The number of aromatic amines is 1. The van der Waals surface area contributed by atoms with E-state index in [1.807, 2.05) is 44.2 Å². The van der Waals surface area contributed by atoms with Crippen LogP contribution in [-0.2, 0) is 4.74 Å². The third-order valence-corrected chi connectivity index (χ3v) is 9.22. The maximum Gasteiger partial charge on any atom is 0.280 e. The fraction of sp³-hybridized carbons (Fsp3) is 0.367. The number of ether oxygens (including phenoxy) is 1. The number of hydrogen-bond donors (Lipinski definition) is 7. The van der Waals surface area contributed by atoms with Gasteiger partial charge in [-0.1, -0.05) is 36.4 Å². The number of nitrogens with zero attached hydrogens (tertiary/aromatic N) is 3. The number of aliphatic hydroxyl groups excluding tert-OH is 5. The molecule has 0 unspecified atom stereocenters. The minimum absolute atomic E-state index is 0.00285. The van der Waals surface area contributed by atoms with Gasteiger partial charge in [0.1, 0.15) is 24.5 Å². The van der Waals surface area contributed by atoms with Crippen molar-refractivity contribution < 1.29 is 30.3 Å². The van der Waals surface area contributed by atoms with Crippen molar-refractivity contribution in [1.82, 2.24) is 19.5 Å². The van der Waals surface area contributed by atoms with Crippen LogP contribution in [0.25, 0.3) is 32.7 Å². The molecule has 3 heterocycles. The van der Waals surface area contributed by atoms with E-state index in [4.69, 9.17) is 10.5 Å². The minimum Gasteiger partial charge on any atom is -0.394 e. The summed E-state index contributed by atoms with van der Waals surface area (Å²) in [5.41, 5.74) is 8.30. The molecule has 1 fully saturated rings. The van der Waals surface area contributed by atoms with Crippen molar-refractivity contribution >= 4 is 38.7 Å². The Morgan fingerprint density at radius 1 is 0.976 bits per heavy atom. The third kappa shape index (κ3) is 3.60. The van der Waals surface area contributed by atoms with Crippen molar-refractivity contribution in [2.45, 2.75) is 56.5 Å². The van der Waals surface area contributed by atoms with Crippen molar-refractivity contribution in [3.05, 3.63) is 75.3 Å². The number of nitrogens with two attached hydrogens (primary N) is 1. The summed E-state index contributed by atoms with van der Waals surface area (Å²) < 4.78 is 7.61. The van der Waals surface area contributed by atoms with Crippen LogP contribution in [-0.4, -0.2) is 76.1 Å². The maximum absolute atomic E-state index is 12.5. The molecule has 12 nitrogen and oxygen atoms in total. The Kier molecular flexibility index (Phi) is 6.13. The number of aromatic nitrogens is 4. The standard InChI is InChI=1S/C30H31N5O7/c1-11-13-5-3-4-6-14(13)12(2)18-15(11)7-8-16-19(18)20(25(39)26(40)23(16)37)21-24(38)17(9-36)42-29(21)35-10-32-22-27(35)33-30(31)34-28(22)41/h3-8,10,17,20-21,23-26,29,36-40H,9H2,1-2H3,(H3,31,33,34,41)/t17-,20+,21-,23+,24-,25+,26-,29-/m1/s1. The van der Waals surface area contributed by atoms with Crippen LogP contribution in [0.1, 0.15) is 40.5 Å². The van der Waals surface area contributed by atoms with Crippen LogP contribution in [0.2, 0.25) is 0 Å². The largest absolute Gasteiger partial charge is 0.394 e. The zero-order valence-corrected chi connectivity index (χ0v) is 22.8. The Morgan fingerprint density at radius 3 is 2.40 bits per heavy atom. The van der Waals surface area contributed by atoms with Gasteiger partial charge < -0.3 is 36.0 Å². The molecule has 2 aromatic heterocycles. The van der Waals surface area contributed by atoms with Gasteiger partial charge in [0.2, 0.25) is 5.95 Å². The van der Waals surface area contributed by atoms with Crippen LogP contribution in [0.5, 0.6) is 0 Å². The first-order valence-corrected chi connectivity index (χ1v) is 13.8. The molecule has 1 saturated heterocycles. The molecule has 0 bridgehead atoms. The predicted molar refractivity (Wildman–Crippen MR) is 154 cm³/mol. The lowest BCUT2D eigenvalue weighted by molar-refractivity contribution is -0.101. The summed E-state index contributed by atoms with van der Waals surface area (Å²) in [4.78, 5) is 23.4. The Hall–Kier alpha value is -3.91. The zero-order valence-electron chi connectivity index (χ0n) is 22.8. The fourth-order valence-electron chi connectivity index (χ4n) is 7.25. The quantitative estimate of drug-likeness (QED) is 0.153. The van der Waals surface area contributed by atoms with Crippen LogP contribution < -0.4 is 11.3 Å². The molecular weight excluding hydrogens is 542 g/mol. The lowest BCUT2D eigenvalue weighted by atomic mass is 9.67. The summed E-state index contributed by atoms with van der Waals surface area (Å²) in [5, 5.41) is 59.5. The number of nitrogens with one attached hydrogen (secondary N) is 1. The highest BCUT2D eigenvalue weighted by Gasteiger charge is 2.55. The molecule has 3 aromatic carbocycles. The second-order valence-corrected chi connectivity index (χ2v) is 11.3. The lowest BCUT2D eigenvalue weighted by Crippen LogP contribution is -2.48. The first kappa shape index (κ1) is 27.0. The average molecular weight is 574 g/mol. The van der Waals surface area contributed by atoms with Crippen molar-refractivity contribution in [2.24, 2.45) is 5.92 Å². The number of benzene rings is 3. The SMILES string of the molecule is Cc1c2ccccc2c(C)c2c3c(ccc12)[C@H](O)[C@@H](O)[C@@H](O)[C@@H]3[C@@H]1[C@H](O)[C@@H](CO)O[C@H]1n1cnc2c(=O)[nH]c(N)nc21. The maximum atomic E-state index is 12.5. The molecule has 0 spiro atoms. The number of rotatable bonds is 3. The molecule has 2 aliphatic rings. The van der Waals surface area contributed by atoms with Gasteiger partial charge in [0.05, 0.1) is 25.1 Å². The van der Waals surface area contributed by atoms with Gasteiger partial charge in [-0.3, -0.25) is 14.3 Å². The van der Waals surface area contributed by atoms with E-state index in [2.05, 4.69) is 15.0 Å². The molecule has 5 aromatic rings. The average Bonchev–Trinajstić information content (AvgIpc) is 3.55. The molecule has 0 amide bonds. The number of H-pyrrole nitrogens is 1. The summed E-state index contributed by atoms with van der Waals surface area (Å²) >= 11 is 0. The van der Waals surface area contributed by atoms with E-state index in [-0.39, 0.29) is 17.1 Å². The van der Waals surface area contributed by atoms with Gasteiger partial charge in [0, 0.05) is 11.8 Å². The normalized spacial score (nSPS) is 29.5. The number of anilines is 1. The molecule has 8 atom stereocenters. The van der Waals surface area contributed by atoms with E-state index in [1.54, 1.807) is 6.07 Å². The van der Waals surface area contributed by atoms with Gasteiger partial charge in [-0.05, 0) is 57.6 Å². The van der Waals surface area contributed by atoms with E-state index in [1.165, 1.54) is 10.9 Å². The summed E-state index contributed by atoms with van der Waals surface area (Å²) in [6, 6.07) is 11.6. The predicted octanol–water partition coefficient (Wildman–Crippen LogP) is 1.04. The van der Waals surface area contributed by atoms with Gasteiger partial charge in [-0.15, -0.1) is 0 Å². The zero-order chi connectivity index (χ0) is 29.6. The molecule has 7 rings (SSSR count). The number of aliphatic hydroxyl groups is 5. The third-order valence-electron chi connectivity index (χ3n) is 9.22. The number of hydrogen-bond acceptors (Lipinski definition) is 10. The van der Waals surface area contributed by atoms with Gasteiger partial charge in [0.15, 0.2) is 11.2 Å². The van der Waals surface area contributed by atoms with Crippen molar-refractivity contribution in [3.63, 3.8) is 0 Å². The molecule has 0 radical (unpaired) electrons. The highest BCUT2D eigenvalue weighted by molar-refractivity contribution is 6.07. The Labute approximate surface area is 238 Å². The van der Waals surface area contributed by atoms with Crippen LogP contribution in [0.4, 0.5) is 5.95 Å². The Bertz CT molecular complexity index is 1940. The number of imidazole rings is 1. The van der Waals surface area contributed by atoms with Gasteiger partial charge in [-0.25, -0.2) is 4.98 Å². The smallest absolute Gasteiger partial charge is 0.280 e. The number of nitrogen functional groups attached to an aromatic ring is 1. The molecule has 0 saturated carbocycles. The van der Waals surface area contributed by atoms with Crippen LogP contribution in [0.3, 0.4) is 0 Å². The monoisotopic (exact) mass is 573 g/mol. The van der Waals surface area contributed by atoms with Crippen molar-refractivity contribution in [3.8, 4) is 0 Å². The van der Waals surface area contributed by atoms with Crippen LogP contribution >= 0.6 is 0 Å². The second kappa shape index (κ2) is 9.56. The van der Waals surface area contributed by atoms with Crippen LogP contribution in [0, 0.1) is 19.8 Å². The van der Waals surface area contributed by atoms with E-state index >= 15 is 0 Å². The van der Waals surface area contributed by atoms with Gasteiger partial charge in [-0.2, -0.15) is 4.98 Å². The second-order valence-electron chi connectivity index (χ2n) is 11.3. The summed E-state index contributed by atoms with van der Waals surface area (Å²) in [7, 11) is 0. The molecule has 42 heavy (non-hydrogen) atoms. The first-order valence-electron chi connectivity index (χ1n) is 13.8. The van der Waals surface area contributed by atoms with Crippen molar-refractivity contribution in [1.29, 1.82) is 0 Å². The van der Waals surface area contributed by atoms with E-state index < -0.39 is 60.7 Å². The van der Waals surface area contributed by atoms with E-state index in [9.17, 15) is 30.3 Å². The Balaban J connectivity index is 1.53. The number of aryl methyl sites for hydroxylation is 2. The van der Waals surface area contributed by atoms with Gasteiger partial charge in [0.25, 0.3) is 5.56 Å². The highest BCUT2D eigenvalue weighted by Crippen LogP contribution is 2.53. The minimum atomic E-state index is -1.57.